The number of nitrogens with zero attached hydrogens (tertiary/aromatic N) is 1. The van der Waals surface area contributed by atoms with Gasteiger partial charge in [0.15, 0.2) is 0 Å². The molecular weight excluding hydrogens is 418 g/mol. The standard InChI is InChI=1S/C16H26NO5.C8H8.ClH/c1-7-11-21-14(19)10-8-9-12(2)16(20)22-15(13(3)18)17(4,5)6;1-2-8-6-4-3-5-7-8;/h7-8,10,13,15,18H,1-2,9,11H2,3-6H3;2-7H,1H2;1H/q+1;;/p-1. The Kier molecular flexibility index (Phi) is 15.8. The first-order chi connectivity index (χ1) is 14.0. The van der Waals surface area contributed by atoms with Crippen LogP contribution in [0, 0.1) is 0 Å². The van der Waals surface area contributed by atoms with E-state index < -0.39 is 24.3 Å². The summed E-state index contributed by atoms with van der Waals surface area (Å²) in [5.41, 5.74) is 1.36. The maximum atomic E-state index is 11.9. The summed E-state index contributed by atoms with van der Waals surface area (Å²) in [6, 6.07) is 10.0. The first-order valence-corrected chi connectivity index (χ1v) is 9.52. The summed E-state index contributed by atoms with van der Waals surface area (Å²) in [5, 5.41) is 9.70. The number of benzene rings is 1. The fraction of sp³-hybridized carbons (Fsp3) is 0.333. The van der Waals surface area contributed by atoms with Crippen LogP contribution >= 0.6 is 0 Å². The van der Waals surface area contributed by atoms with Crippen LogP contribution in [0.2, 0.25) is 0 Å². The zero-order valence-electron chi connectivity index (χ0n) is 18.8. The number of halogens is 1. The van der Waals surface area contributed by atoms with Crippen molar-refractivity contribution < 1.29 is 41.1 Å². The van der Waals surface area contributed by atoms with Crippen LogP contribution in [0.4, 0.5) is 0 Å². The predicted molar refractivity (Wildman–Crippen MR) is 120 cm³/mol. The van der Waals surface area contributed by atoms with Crippen LogP contribution in [-0.2, 0) is 19.1 Å². The van der Waals surface area contributed by atoms with E-state index >= 15 is 0 Å². The second-order valence-corrected chi connectivity index (χ2v) is 7.40. The largest absolute Gasteiger partial charge is 1.00 e. The molecule has 1 aromatic rings. The van der Waals surface area contributed by atoms with E-state index in [9.17, 15) is 14.7 Å². The summed E-state index contributed by atoms with van der Waals surface area (Å²) in [6.07, 6.45) is 4.62. The lowest BCUT2D eigenvalue weighted by atomic mass is 10.2. The Morgan fingerprint density at radius 3 is 2.16 bits per heavy atom. The van der Waals surface area contributed by atoms with Crippen molar-refractivity contribution in [1.29, 1.82) is 0 Å². The van der Waals surface area contributed by atoms with Crippen molar-refractivity contribution >= 4 is 18.0 Å². The van der Waals surface area contributed by atoms with Gasteiger partial charge in [0.1, 0.15) is 12.7 Å². The Balaban J connectivity index is 0. The molecule has 1 rings (SSSR count). The van der Waals surface area contributed by atoms with Crippen molar-refractivity contribution in [1.82, 2.24) is 0 Å². The van der Waals surface area contributed by atoms with Crippen LogP contribution in [0.5, 0.6) is 0 Å². The molecule has 0 aromatic heterocycles. The lowest BCUT2D eigenvalue weighted by Gasteiger charge is -2.34. The number of hydrogen-bond acceptors (Lipinski definition) is 5. The second kappa shape index (κ2) is 16.1. The van der Waals surface area contributed by atoms with E-state index in [1.54, 1.807) is 6.92 Å². The monoisotopic (exact) mass is 451 g/mol. The molecule has 0 radical (unpaired) electrons. The molecule has 0 fully saturated rings. The van der Waals surface area contributed by atoms with Gasteiger partial charge in [-0.15, -0.1) is 0 Å². The van der Waals surface area contributed by atoms with Gasteiger partial charge in [0.25, 0.3) is 6.23 Å². The van der Waals surface area contributed by atoms with Crippen molar-refractivity contribution in [2.24, 2.45) is 0 Å². The number of aliphatic hydroxyl groups is 1. The highest BCUT2D eigenvalue weighted by Gasteiger charge is 2.32. The van der Waals surface area contributed by atoms with Crippen molar-refractivity contribution in [3.05, 3.63) is 79.4 Å². The third-order valence-electron chi connectivity index (χ3n) is 3.69. The average molecular weight is 452 g/mol. The van der Waals surface area contributed by atoms with Crippen molar-refractivity contribution in [3.8, 4) is 0 Å². The molecule has 0 spiro atoms. The van der Waals surface area contributed by atoms with Crippen LogP contribution in [0.25, 0.3) is 6.08 Å². The number of quaternary nitrogens is 1. The number of carbonyl (C=O) groups is 2. The zero-order chi connectivity index (χ0) is 23.2. The van der Waals surface area contributed by atoms with Crippen molar-refractivity contribution in [2.45, 2.75) is 25.7 Å². The van der Waals surface area contributed by atoms with Gasteiger partial charge < -0.3 is 27.0 Å². The van der Waals surface area contributed by atoms with Gasteiger partial charge in [-0.2, -0.15) is 0 Å². The van der Waals surface area contributed by atoms with E-state index in [-0.39, 0.29) is 35.5 Å². The minimum Gasteiger partial charge on any atom is -1.00 e. The summed E-state index contributed by atoms with van der Waals surface area (Å²) in [4.78, 5) is 23.2. The topological polar surface area (TPSA) is 72.8 Å². The van der Waals surface area contributed by atoms with Crippen LogP contribution < -0.4 is 12.4 Å². The third kappa shape index (κ3) is 14.0. The number of aliphatic hydroxyl groups excluding tert-OH is 1. The Morgan fingerprint density at radius 1 is 1.16 bits per heavy atom. The normalized spacial score (nSPS) is 12.3. The molecule has 31 heavy (non-hydrogen) atoms. The molecule has 0 bridgehead atoms. The second-order valence-electron chi connectivity index (χ2n) is 7.40. The smallest absolute Gasteiger partial charge is 0.338 e. The summed E-state index contributed by atoms with van der Waals surface area (Å²) in [6.45, 7) is 12.4. The molecule has 0 aliphatic carbocycles. The van der Waals surface area contributed by atoms with Crippen LogP contribution in [0.3, 0.4) is 0 Å². The Labute approximate surface area is 192 Å². The molecule has 1 N–H and O–H groups in total. The summed E-state index contributed by atoms with van der Waals surface area (Å²) in [5.74, 6) is -1.13. The Hall–Kier alpha value is -2.67. The zero-order valence-corrected chi connectivity index (χ0v) is 19.5. The summed E-state index contributed by atoms with van der Waals surface area (Å²) in [7, 11) is 5.43. The van der Waals surface area contributed by atoms with E-state index in [0.29, 0.717) is 0 Å². The maximum absolute atomic E-state index is 11.9. The fourth-order valence-electron chi connectivity index (χ4n) is 2.26. The van der Waals surface area contributed by atoms with E-state index in [2.05, 4.69) is 19.7 Å². The number of allylic oxidation sites excluding steroid dienone is 1. The molecule has 0 aliphatic rings. The van der Waals surface area contributed by atoms with E-state index in [0.717, 1.165) is 0 Å². The SMILES string of the molecule is C=CCOC(=O)C=CCC(=C)C(=O)OC(C(C)O)[N+](C)(C)C.C=Cc1ccccc1.[Cl-]. The quantitative estimate of drug-likeness (QED) is 0.184. The first kappa shape index (κ1) is 30.5. The van der Waals surface area contributed by atoms with Crippen LogP contribution in [0.1, 0.15) is 18.9 Å². The average Bonchev–Trinajstić information content (AvgIpc) is 2.70. The number of hydrogen-bond donors (Lipinski definition) is 1. The van der Waals surface area contributed by atoms with Gasteiger partial charge in [0.05, 0.1) is 21.1 Å². The number of likely N-dealkylation sites (N-methyl/N-ethyl adjacent to an activating group) is 1. The molecule has 0 amide bonds. The minimum atomic E-state index is -0.818. The molecule has 172 valence electrons. The van der Waals surface area contributed by atoms with Gasteiger partial charge in [-0.25, -0.2) is 9.59 Å². The molecule has 7 heteroatoms. The minimum absolute atomic E-state index is 0. The highest BCUT2D eigenvalue weighted by Crippen LogP contribution is 2.13. The fourth-order valence-corrected chi connectivity index (χ4v) is 2.26. The first-order valence-electron chi connectivity index (χ1n) is 9.52. The van der Waals surface area contributed by atoms with Gasteiger partial charge in [-0.1, -0.05) is 68.3 Å². The van der Waals surface area contributed by atoms with Gasteiger partial charge in [0, 0.05) is 11.6 Å². The van der Waals surface area contributed by atoms with Crippen molar-refractivity contribution in [2.75, 3.05) is 27.7 Å². The molecule has 1 aromatic carbocycles. The molecule has 0 saturated carbocycles. The Bertz CT molecular complexity index is 736. The highest BCUT2D eigenvalue weighted by molar-refractivity contribution is 5.88. The molecule has 2 atom stereocenters. The number of esters is 2. The van der Waals surface area contributed by atoms with E-state index in [1.807, 2.05) is 57.6 Å². The van der Waals surface area contributed by atoms with E-state index in [1.165, 1.54) is 23.8 Å². The molecule has 2 unspecified atom stereocenters. The summed E-state index contributed by atoms with van der Waals surface area (Å²) < 4.78 is 10.3. The van der Waals surface area contributed by atoms with Crippen LogP contribution in [-0.4, -0.2) is 61.6 Å². The highest BCUT2D eigenvalue weighted by atomic mass is 35.5. The number of ether oxygens (including phenoxy) is 2. The third-order valence-corrected chi connectivity index (χ3v) is 3.69. The van der Waals surface area contributed by atoms with Crippen LogP contribution in [0.15, 0.2) is 73.9 Å². The molecule has 6 nitrogen and oxygen atoms in total. The Morgan fingerprint density at radius 2 is 1.74 bits per heavy atom. The van der Waals surface area contributed by atoms with Gasteiger partial charge in [-0.3, -0.25) is 4.48 Å². The molecule has 0 aliphatic heterocycles. The van der Waals surface area contributed by atoms with Gasteiger partial charge in [-0.05, 0) is 18.9 Å². The lowest BCUT2D eigenvalue weighted by molar-refractivity contribution is -0.920. The summed E-state index contributed by atoms with van der Waals surface area (Å²) >= 11 is 0. The molecular formula is C24H34ClNO5. The molecule has 0 heterocycles. The molecule has 0 saturated heterocycles. The number of rotatable bonds is 10. The van der Waals surface area contributed by atoms with Gasteiger partial charge in [0.2, 0.25) is 0 Å². The maximum Gasteiger partial charge on any atom is 0.338 e. The van der Waals surface area contributed by atoms with Crippen molar-refractivity contribution in [3.63, 3.8) is 0 Å². The van der Waals surface area contributed by atoms with Gasteiger partial charge >= 0.3 is 11.9 Å². The lowest BCUT2D eigenvalue weighted by Crippen LogP contribution is -3.00. The van der Waals surface area contributed by atoms with E-state index in [4.69, 9.17) is 9.47 Å². The number of carbonyl (C=O) groups excluding carboxylic acids is 2. The predicted octanol–water partition coefficient (Wildman–Crippen LogP) is 0.508.